The monoisotopic (exact) mass is 715 g/mol. The van der Waals surface area contributed by atoms with Crippen LogP contribution in [-0.2, 0) is 18.1 Å². The zero-order valence-electron chi connectivity index (χ0n) is 29.6. The number of amides is 2. The third-order valence-electron chi connectivity index (χ3n) is 9.15. The average molecular weight is 716 g/mol. The molecule has 1 atom stereocenters. The fourth-order valence-corrected chi connectivity index (χ4v) is 8.77. The van der Waals surface area contributed by atoms with Crippen LogP contribution in [0, 0.1) is 27.7 Å². The molecular weight excluding hydrogens is 675 g/mol. The Kier molecular flexibility index (Phi) is 11.1. The van der Waals surface area contributed by atoms with Crippen molar-refractivity contribution in [1.29, 1.82) is 0 Å². The summed E-state index contributed by atoms with van der Waals surface area (Å²) in [6.45, 7) is 8.65. The lowest BCUT2D eigenvalue weighted by atomic mass is 10.1. The van der Waals surface area contributed by atoms with Gasteiger partial charge in [0.1, 0.15) is 0 Å². The van der Waals surface area contributed by atoms with Gasteiger partial charge in [0.05, 0.1) is 28.4 Å². The molecule has 15 nitrogen and oxygen atoms in total. The summed E-state index contributed by atoms with van der Waals surface area (Å²) in [4.78, 5) is 72.7. The van der Waals surface area contributed by atoms with Crippen molar-refractivity contribution >= 4 is 32.3 Å². The van der Waals surface area contributed by atoms with Crippen LogP contribution >= 0.6 is 0 Å². The number of likely N-dealkylation sites (tertiary alicyclic amines) is 1. The van der Waals surface area contributed by atoms with Gasteiger partial charge in [-0.2, -0.15) is 4.99 Å². The summed E-state index contributed by atoms with van der Waals surface area (Å²) in [5.74, 6) is 0. The molecular formula is C35H41N7O8Si. The topological polar surface area (TPSA) is 167 Å². The lowest BCUT2D eigenvalue weighted by Crippen LogP contribution is -2.68. The van der Waals surface area contributed by atoms with Gasteiger partial charge in [0.25, 0.3) is 0 Å². The van der Waals surface area contributed by atoms with Crippen LogP contribution in [-0.4, -0.2) is 86.1 Å². The molecule has 268 valence electrons. The molecule has 1 fully saturated rings. The maximum atomic E-state index is 14.3. The normalized spacial score (nSPS) is 14.5. The van der Waals surface area contributed by atoms with Gasteiger partial charge in [0.2, 0.25) is 6.08 Å². The molecule has 0 radical (unpaired) electrons. The Morgan fingerprint density at radius 3 is 1.86 bits per heavy atom. The lowest BCUT2D eigenvalue weighted by Gasteiger charge is -2.46. The molecule has 0 saturated carbocycles. The van der Waals surface area contributed by atoms with Gasteiger partial charge in [-0.15, -0.1) is 0 Å². The van der Waals surface area contributed by atoms with Gasteiger partial charge in [-0.1, -0.05) is 24.3 Å². The predicted octanol–water partition coefficient (Wildman–Crippen LogP) is 2.95. The minimum atomic E-state index is -2.86. The second kappa shape index (κ2) is 15.3. The number of benzene rings is 3. The summed E-state index contributed by atoms with van der Waals surface area (Å²) >= 11 is 0. The van der Waals surface area contributed by atoms with Crippen molar-refractivity contribution in [3.63, 3.8) is 0 Å². The number of rotatable bonds is 12. The minimum Gasteiger partial charge on any atom is -0.376 e. The molecule has 0 spiro atoms. The predicted molar refractivity (Wildman–Crippen MR) is 194 cm³/mol. The molecule has 0 bridgehead atoms. The number of aliphatic imine (C=N–C) groups is 1. The average Bonchev–Trinajstić information content (AvgIpc) is 3.09. The highest BCUT2D eigenvalue weighted by Crippen LogP contribution is 2.28. The zero-order valence-corrected chi connectivity index (χ0v) is 30.6. The molecule has 1 aliphatic heterocycles. The van der Waals surface area contributed by atoms with Crippen LogP contribution in [0.3, 0.4) is 0 Å². The van der Waals surface area contributed by atoms with Crippen LogP contribution in [0.25, 0.3) is 17.1 Å². The first-order valence-corrected chi connectivity index (χ1v) is 18.0. The molecule has 1 saturated heterocycles. The largest absolute Gasteiger partial charge is 0.518 e. The van der Waals surface area contributed by atoms with Crippen LogP contribution in [0.1, 0.15) is 28.7 Å². The molecule has 4 aromatic rings. The fraction of sp³-hybridized carbons (Fsp3) is 0.343. The van der Waals surface area contributed by atoms with Crippen molar-refractivity contribution in [2.45, 2.75) is 39.8 Å². The van der Waals surface area contributed by atoms with Crippen LogP contribution < -0.4 is 27.7 Å². The first kappa shape index (κ1) is 37.0. The highest BCUT2D eigenvalue weighted by atomic mass is 28.4. The molecule has 1 aliphatic rings. The highest BCUT2D eigenvalue weighted by Gasteiger charge is 2.54. The molecule has 16 heteroatoms. The summed E-state index contributed by atoms with van der Waals surface area (Å²) in [6, 6.07) is 14.2. The Morgan fingerprint density at radius 2 is 1.33 bits per heavy atom. The number of hydrogen-bond donors (Lipinski definition) is 2. The number of hydrogen-bond acceptors (Lipinski definition) is 10. The Balaban J connectivity index is 1.53. The first-order valence-electron chi connectivity index (χ1n) is 16.2. The van der Waals surface area contributed by atoms with Gasteiger partial charge in [0.15, 0.2) is 0 Å². The van der Waals surface area contributed by atoms with Crippen molar-refractivity contribution in [2.75, 3.05) is 46.3 Å². The molecule has 1 aromatic heterocycles. The minimum absolute atomic E-state index is 0.0137. The number of nitrogens with zero attached hydrogens (tertiary/aromatic N) is 5. The van der Waals surface area contributed by atoms with E-state index in [0.29, 0.717) is 41.2 Å². The van der Waals surface area contributed by atoms with E-state index in [1.165, 1.54) is 18.2 Å². The third kappa shape index (κ3) is 7.19. The maximum absolute atomic E-state index is 14.3. The molecule has 1 unspecified atom stereocenters. The number of carbonyl (C=O) groups excluding carboxylic acids is 2. The van der Waals surface area contributed by atoms with Crippen LogP contribution in [0.2, 0.25) is 0 Å². The van der Waals surface area contributed by atoms with E-state index in [2.05, 4.69) is 20.5 Å². The molecule has 51 heavy (non-hydrogen) atoms. The number of carbonyl (C=O) groups is 1. The van der Waals surface area contributed by atoms with E-state index in [9.17, 15) is 24.0 Å². The van der Waals surface area contributed by atoms with Crippen molar-refractivity contribution < 1.29 is 22.9 Å². The maximum Gasteiger partial charge on any atom is 0.518 e. The standard InChI is InChI=1S/C35H41N7O8Si/c1-22-8-9-23(2)28(18-22)40-33(45)41(29-19-26(37-21-43)12-10-24(29)3)35(47)42(34(40)46)30-20-27(13-11-25(30)4)38-32(44)36-15-17-39-16-14-31(39)51(48-5,49-6)50-7/h8-13,18-20,31H,14-17H2,1-7H3,(H2,36,38,44). The van der Waals surface area contributed by atoms with Crippen LogP contribution in [0.5, 0.6) is 0 Å². The SMILES string of the molecule is CO[Si](OC)(OC)C1CCN1CCNC(=O)Nc1ccc(C)c(-n2c(=O)n(-c3cc(C)ccc3C)c(=O)n(-c3cc(N=C=O)ccc3C)c2=O)c1. The van der Waals surface area contributed by atoms with Crippen LogP contribution in [0.15, 0.2) is 74.0 Å². The number of isocyanates is 1. The Bertz CT molecular complexity index is 2190. The van der Waals surface area contributed by atoms with Gasteiger partial charge < -0.3 is 23.9 Å². The van der Waals surface area contributed by atoms with E-state index in [4.69, 9.17) is 13.3 Å². The van der Waals surface area contributed by atoms with E-state index < -0.39 is 31.9 Å². The van der Waals surface area contributed by atoms with Crippen LogP contribution in [0.4, 0.5) is 16.2 Å². The highest BCUT2D eigenvalue weighted by molar-refractivity contribution is 6.62. The fourth-order valence-electron chi connectivity index (χ4n) is 6.27. The van der Waals surface area contributed by atoms with Crippen molar-refractivity contribution in [1.82, 2.24) is 23.9 Å². The van der Waals surface area contributed by atoms with Crippen molar-refractivity contribution in [3.8, 4) is 17.1 Å². The van der Waals surface area contributed by atoms with E-state index >= 15 is 0 Å². The van der Waals surface area contributed by atoms with Crippen molar-refractivity contribution in [3.05, 3.63) is 108 Å². The summed E-state index contributed by atoms with van der Waals surface area (Å²) in [6.07, 6.45) is 2.33. The van der Waals surface area contributed by atoms with Gasteiger partial charge in [-0.05, 0) is 93.2 Å². The van der Waals surface area contributed by atoms with E-state index in [0.717, 1.165) is 32.2 Å². The number of aromatic nitrogens is 3. The van der Waals surface area contributed by atoms with E-state index in [1.807, 2.05) is 13.0 Å². The molecule has 2 N–H and O–H groups in total. The molecule has 0 aliphatic carbocycles. The van der Waals surface area contributed by atoms with Gasteiger partial charge in [-0.3, -0.25) is 4.90 Å². The van der Waals surface area contributed by atoms with E-state index in [1.54, 1.807) is 78.5 Å². The van der Waals surface area contributed by atoms with Gasteiger partial charge >= 0.3 is 31.9 Å². The summed E-state index contributed by atoms with van der Waals surface area (Å²) in [5, 5.41) is 5.62. The second-order valence-electron chi connectivity index (χ2n) is 12.3. The Hall–Kier alpha value is -5.22. The molecule has 3 aromatic carbocycles. The third-order valence-corrected chi connectivity index (χ3v) is 12.3. The second-order valence-corrected chi connectivity index (χ2v) is 15.4. The molecule has 2 amide bonds. The summed E-state index contributed by atoms with van der Waals surface area (Å²) in [7, 11) is 1.86. The van der Waals surface area contributed by atoms with Gasteiger partial charge in [-0.25, -0.2) is 37.7 Å². The molecule has 5 rings (SSSR count). The Morgan fingerprint density at radius 1 is 0.804 bits per heavy atom. The summed E-state index contributed by atoms with van der Waals surface area (Å²) < 4.78 is 19.6. The smallest absolute Gasteiger partial charge is 0.376 e. The first-order chi connectivity index (χ1) is 24.4. The number of urea groups is 1. The summed E-state index contributed by atoms with van der Waals surface area (Å²) in [5.41, 5.74) is 0.760. The lowest BCUT2D eigenvalue weighted by molar-refractivity contribution is 0.0335. The number of nitrogens with one attached hydrogen (secondary N) is 2. The number of anilines is 1. The molecule has 2 heterocycles. The zero-order chi connectivity index (χ0) is 37.0. The van der Waals surface area contributed by atoms with Crippen molar-refractivity contribution in [2.24, 2.45) is 4.99 Å². The Labute approximate surface area is 295 Å². The van der Waals surface area contributed by atoms with Gasteiger partial charge in [0, 0.05) is 40.1 Å². The number of aryl methyl sites for hydroxylation is 4. The van der Waals surface area contributed by atoms with E-state index in [-0.39, 0.29) is 22.7 Å². The quantitative estimate of drug-likeness (QED) is 0.127.